The molecule has 1 nitrogen and oxygen atoms in total. The van der Waals surface area contributed by atoms with Crippen LogP contribution in [0.5, 0.6) is 0 Å². The van der Waals surface area contributed by atoms with E-state index in [4.69, 9.17) is 0 Å². The lowest BCUT2D eigenvalue weighted by molar-refractivity contribution is 0.143. The lowest BCUT2D eigenvalue weighted by Gasteiger charge is -2.41. The van der Waals surface area contributed by atoms with Crippen molar-refractivity contribution in [3.63, 3.8) is 0 Å². The summed E-state index contributed by atoms with van der Waals surface area (Å²) in [7, 11) is 0. The van der Waals surface area contributed by atoms with Crippen LogP contribution in [0.2, 0.25) is 0 Å². The lowest BCUT2D eigenvalue weighted by atomic mass is 9.70. The third-order valence-corrected chi connectivity index (χ3v) is 4.60. The molecule has 3 atom stereocenters. The molecular formula is C19H31N. The van der Waals surface area contributed by atoms with Gasteiger partial charge in [-0.1, -0.05) is 64.4 Å². The Morgan fingerprint density at radius 1 is 1.20 bits per heavy atom. The summed E-state index contributed by atoms with van der Waals surface area (Å²) in [6.07, 6.45) is 6.48. The van der Waals surface area contributed by atoms with Gasteiger partial charge in [0.05, 0.1) is 0 Å². The molecule has 1 aromatic carbocycles. The fourth-order valence-electron chi connectivity index (χ4n) is 4.08. The summed E-state index contributed by atoms with van der Waals surface area (Å²) in [5.74, 6) is 0.842. The van der Waals surface area contributed by atoms with Crippen molar-refractivity contribution in [3.05, 3.63) is 35.9 Å². The van der Waals surface area contributed by atoms with Gasteiger partial charge < -0.3 is 5.32 Å². The van der Waals surface area contributed by atoms with E-state index in [0.717, 1.165) is 5.92 Å². The Kier molecular flexibility index (Phi) is 5.26. The Hall–Kier alpha value is -0.820. The van der Waals surface area contributed by atoms with E-state index in [9.17, 15) is 0 Å². The second-order valence-corrected chi connectivity index (χ2v) is 7.53. The standard InChI is InChI=1S/C19H31N/c1-5-9-18(16-10-7-6-8-11-16)20-17-12-15(2)13-19(3,4)14-17/h6-8,10-11,15,17-18,20H,5,9,12-14H2,1-4H3. The molecule has 1 heteroatoms. The van der Waals surface area contributed by atoms with Crippen LogP contribution >= 0.6 is 0 Å². The highest BCUT2D eigenvalue weighted by Crippen LogP contribution is 2.39. The Bertz CT molecular complexity index is 395. The molecule has 2 rings (SSSR count). The number of hydrogen-bond donors (Lipinski definition) is 1. The van der Waals surface area contributed by atoms with Crippen molar-refractivity contribution in [1.82, 2.24) is 5.32 Å². The molecule has 0 aliphatic heterocycles. The maximum atomic E-state index is 3.96. The van der Waals surface area contributed by atoms with Crippen molar-refractivity contribution >= 4 is 0 Å². The van der Waals surface area contributed by atoms with Crippen LogP contribution in [0.4, 0.5) is 0 Å². The van der Waals surface area contributed by atoms with Gasteiger partial charge in [0.15, 0.2) is 0 Å². The summed E-state index contributed by atoms with van der Waals surface area (Å²) in [4.78, 5) is 0. The quantitative estimate of drug-likeness (QED) is 0.764. The van der Waals surface area contributed by atoms with Crippen molar-refractivity contribution in [2.24, 2.45) is 11.3 Å². The van der Waals surface area contributed by atoms with E-state index < -0.39 is 0 Å². The molecule has 0 heterocycles. The van der Waals surface area contributed by atoms with E-state index in [-0.39, 0.29) is 0 Å². The van der Waals surface area contributed by atoms with Gasteiger partial charge in [0.2, 0.25) is 0 Å². The molecule has 0 saturated heterocycles. The molecule has 0 spiro atoms. The molecule has 0 aromatic heterocycles. The highest BCUT2D eigenvalue weighted by atomic mass is 15.0. The summed E-state index contributed by atoms with van der Waals surface area (Å²) in [6, 6.07) is 12.2. The van der Waals surface area contributed by atoms with Crippen LogP contribution in [-0.2, 0) is 0 Å². The first kappa shape index (κ1) is 15.6. The average molecular weight is 273 g/mol. The first-order chi connectivity index (χ1) is 9.50. The summed E-state index contributed by atoms with van der Waals surface area (Å²) in [5.41, 5.74) is 1.94. The number of nitrogens with one attached hydrogen (secondary N) is 1. The Labute approximate surface area is 125 Å². The van der Waals surface area contributed by atoms with Crippen LogP contribution in [0.1, 0.15) is 71.4 Å². The molecule has 1 N–H and O–H groups in total. The third kappa shape index (κ3) is 4.34. The van der Waals surface area contributed by atoms with E-state index in [2.05, 4.69) is 63.3 Å². The molecule has 112 valence electrons. The van der Waals surface area contributed by atoms with Crippen LogP contribution in [0, 0.1) is 11.3 Å². The SMILES string of the molecule is CCCC(NC1CC(C)CC(C)(C)C1)c1ccccc1. The molecule has 3 unspecified atom stereocenters. The minimum atomic E-state index is 0.489. The van der Waals surface area contributed by atoms with Crippen LogP contribution in [0.15, 0.2) is 30.3 Å². The van der Waals surface area contributed by atoms with Crippen molar-refractivity contribution in [2.45, 2.75) is 71.9 Å². The number of rotatable bonds is 5. The van der Waals surface area contributed by atoms with Gasteiger partial charge in [-0.25, -0.2) is 0 Å². The van der Waals surface area contributed by atoms with Crippen LogP contribution < -0.4 is 5.32 Å². The van der Waals surface area contributed by atoms with Gasteiger partial charge in [-0.15, -0.1) is 0 Å². The van der Waals surface area contributed by atoms with Crippen molar-refractivity contribution < 1.29 is 0 Å². The maximum absolute atomic E-state index is 3.96. The fourth-order valence-corrected chi connectivity index (χ4v) is 4.08. The zero-order chi connectivity index (χ0) is 14.6. The van der Waals surface area contributed by atoms with E-state index in [1.165, 1.54) is 37.7 Å². The zero-order valence-corrected chi connectivity index (χ0v) is 13.7. The lowest BCUT2D eigenvalue weighted by Crippen LogP contribution is -2.41. The first-order valence-electron chi connectivity index (χ1n) is 8.31. The summed E-state index contributed by atoms with van der Waals surface area (Å²) in [5, 5.41) is 3.96. The van der Waals surface area contributed by atoms with E-state index in [1.54, 1.807) is 0 Å². The van der Waals surface area contributed by atoms with E-state index in [1.807, 2.05) is 0 Å². The Morgan fingerprint density at radius 2 is 1.90 bits per heavy atom. The van der Waals surface area contributed by atoms with Gasteiger partial charge in [0.25, 0.3) is 0 Å². The van der Waals surface area contributed by atoms with Crippen molar-refractivity contribution in [1.29, 1.82) is 0 Å². The number of hydrogen-bond acceptors (Lipinski definition) is 1. The molecule has 20 heavy (non-hydrogen) atoms. The van der Waals surface area contributed by atoms with Crippen molar-refractivity contribution in [2.75, 3.05) is 0 Å². The fraction of sp³-hybridized carbons (Fsp3) is 0.684. The van der Waals surface area contributed by atoms with E-state index in [0.29, 0.717) is 17.5 Å². The molecule has 0 amide bonds. The van der Waals surface area contributed by atoms with Gasteiger partial charge in [0, 0.05) is 12.1 Å². The largest absolute Gasteiger partial charge is 0.307 e. The van der Waals surface area contributed by atoms with Crippen LogP contribution in [-0.4, -0.2) is 6.04 Å². The van der Waals surface area contributed by atoms with Crippen molar-refractivity contribution in [3.8, 4) is 0 Å². The highest BCUT2D eigenvalue weighted by Gasteiger charge is 2.32. The zero-order valence-electron chi connectivity index (χ0n) is 13.7. The van der Waals surface area contributed by atoms with Gasteiger partial charge in [0.1, 0.15) is 0 Å². The molecule has 0 bridgehead atoms. The molecule has 1 saturated carbocycles. The summed E-state index contributed by atoms with van der Waals surface area (Å²) < 4.78 is 0. The first-order valence-corrected chi connectivity index (χ1v) is 8.31. The molecule has 0 radical (unpaired) electrons. The second-order valence-electron chi connectivity index (χ2n) is 7.53. The average Bonchev–Trinajstić information content (AvgIpc) is 2.37. The second kappa shape index (κ2) is 6.76. The monoisotopic (exact) mass is 273 g/mol. The molecular weight excluding hydrogens is 242 g/mol. The van der Waals surface area contributed by atoms with E-state index >= 15 is 0 Å². The highest BCUT2D eigenvalue weighted by molar-refractivity contribution is 5.19. The summed E-state index contributed by atoms with van der Waals surface area (Å²) in [6.45, 7) is 9.54. The minimum Gasteiger partial charge on any atom is -0.307 e. The van der Waals surface area contributed by atoms with Crippen LogP contribution in [0.3, 0.4) is 0 Å². The van der Waals surface area contributed by atoms with Gasteiger partial charge in [-0.05, 0) is 42.6 Å². The minimum absolute atomic E-state index is 0.489. The number of benzene rings is 1. The Balaban J connectivity index is 2.04. The van der Waals surface area contributed by atoms with Gasteiger partial charge in [-0.3, -0.25) is 0 Å². The van der Waals surface area contributed by atoms with Crippen LogP contribution in [0.25, 0.3) is 0 Å². The molecule has 1 aliphatic carbocycles. The Morgan fingerprint density at radius 3 is 2.50 bits per heavy atom. The smallest absolute Gasteiger partial charge is 0.0322 e. The molecule has 1 aromatic rings. The topological polar surface area (TPSA) is 12.0 Å². The third-order valence-electron chi connectivity index (χ3n) is 4.60. The predicted octanol–water partition coefficient (Wildman–Crippen LogP) is 5.33. The molecule has 1 fully saturated rings. The van der Waals surface area contributed by atoms with Gasteiger partial charge in [-0.2, -0.15) is 0 Å². The summed E-state index contributed by atoms with van der Waals surface area (Å²) >= 11 is 0. The van der Waals surface area contributed by atoms with Gasteiger partial charge >= 0.3 is 0 Å². The maximum Gasteiger partial charge on any atom is 0.0322 e. The molecule has 1 aliphatic rings. The normalized spacial score (nSPS) is 27.2. The predicted molar refractivity (Wildman–Crippen MR) is 87.8 cm³/mol.